The van der Waals surface area contributed by atoms with Gasteiger partial charge in [-0.1, -0.05) is 87.4 Å². The van der Waals surface area contributed by atoms with Gasteiger partial charge in [0, 0.05) is 0 Å². The van der Waals surface area contributed by atoms with Gasteiger partial charge in [-0.25, -0.2) is 0 Å². The van der Waals surface area contributed by atoms with E-state index < -0.39 is 20.8 Å². The van der Waals surface area contributed by atoms with E-state index in [2.05, 4.69) is 6.92 Å². The number of unbranched alkanes of at least 4 members (excludes halogenated alkanes) is 7. The first-order chi connectivity index (χ1) is 13.4. The molecule has 0 atom stereocenters. The summed E-state index contributed by atoms with van der Waals surface area (Å²) < 4.78 is 38.7. The summed E-state index contributed by atoms with van der Waals surface area (Å²) >= 11 is 0. The molecule has 0 aliphatic carbocycles. The van der Waals surface area contributed by atoms with E-state index in [4.69, 9.17) is 4.74 Å². The predicted molar refractivity (Wildman–Crippen MR) is 109 cm³/mol. The van der Waals surface area contributed by atoms with Crippen molar-refractivity contribution < 1.29 is 74.2 Å². The van der Waals surface area contributed by atoms with Crippen LogP contribution in [0.25, 0.3) is 0 Å². The van der Waals surface area contributed by atoms with E-state index in [0.717, 1.165) is 19.3 Å². The fraction of sp³-hybridized carbons (Fsp3) is 0.455. The Kier molecular flexibility index (Phi) is 12.7. The molecular weight excluding hydrogens is 415 g/mol. The van der Waals surface area contributed by atoms with Crippen LogP contribution < -0.4 is 61.2 Å². The smallest absolute Gasteiger partial charge is 0.871 e. The van der Waals surface area contributed by atoms with Crippen LogP contribution in [-0.2, 0) is 16.5 Å². The van der Waals surface area contributed by atoms with Gasteiger partial charge in [0.2, 0.25) is 0 Å². The van der Waals surface area contributed by atoms with E-state index in [-0.39, 0.29) is 57.1 Å². The van der Waals surface area contributed by atoms with Crippen LogP contribution in [0.3, 0.4) is 0 Å². The maximum absolute atomic E-state index is 12.6. The minimum Gasteiger partial charge on any atom is -0.871 e. The Balaban J connectivity index is 0.00000420. The van der Waals surface area contributed by atoms with Crippen molar-refractivity contribution in [3.8, 4) is 17.2 Å². The molecular formula is C22H29KO5S. The molecule has 2 rings (SSSR count). The summed E-state index contributed by atoms with van der Waals surface area (Å²) in [4.78, 5) is -0.687. The summed E-state index contributed by atoms with van der Waals surface area (Å²) in [5, 5.41) is 12.6. The standard InChI is InChI=1S/C22H30O5S.K/c1-2-3-4-5-6-7-8-10-13-18-16-17-20(22(21(18)23)28(24,25)26)27-19-14-11-9-12-15-19;/h9,11-12,14-17,23H,2-8,10,13H2,1H3,(H,24,25,26);/q;+1/p-1. The molecule has 2 aromatic rings. The fourth-order valence-electron chi connectivity index (χ4n) is 3.17. The molecule has 2 aromatic carbocycles. The maximum atomic E-state index is 12.6. The molecule has 1 N–H and O–H groups in total. The zero-order valence-corrected chi connectivity index (χ0v) is 21.3. The van der Waals surface area contributed by atoms with Crippen LogP contribution in [0.1, 0.15) is 63.9 Å². The summed E-state index contributed by atoms with van der Waals surface area (Å²) in [6, 6.07) is 11.6. The predicted octanol–water partition coefficient (Wildman–Crippen LogP) is 2.49. The maximum Gasteiger partial charge on any atom is 1.00 e. The van der Waals surface area contributed by atoms with Crippen LogP contribution in [0.4, 0.5) is 0 Å². The first kappa shape index (κ1) is 26.6. The molecule has 0 heterocycles. The van der Waals surface area contributed by atoms with Gasteiger partial charge < -0.3 is 9.84 Å². The Labute approximate surface area is 217 Å². The van der Waals surface area contributed by atoms with Gasteiger partial charge in [-0.05, 0) is 31.0 Å². The summed E-state index contributed by atoms with van der Waals surface area (Å²) in [5.41, 5.74) is 0.388. The average Bonchev–Trinajstić information content (AvgIpc) is 2.65. The molecule has 0 bridgehead atoms. The van der Waals surface area contributed by atoms with Gasteiger partial charge in [0.1, 0.15) is 16.4 Å². The number of para-hydroxylation sites is 1. The van der Waals surface area contributed by atoms with Crippen LogP contribution >= 0.6 is 0 Å². The molecule has 0 saturated heterocycles. The Bertz CT molecular complexity index is 838. The molecule has 0 radical (unpaired) electrons. The normalized spacial score (nSPS) is 11.1. The molecule has 29 heavy (non-hydrogen) atoms. The van der Waals surface area contributed by atoms with E-state index in [1.54, 1.807) is 36.4 Å². The van der Waals surface area contributed by atoms with Gasteiger partial charge in [0.15, 0.2) is 0 Å². The van der Waals surface area contributed by atoms with Crippen molar-refractivity contribution in [2.75, 3.05) is 0 Å². The zero-order valence-electron chi connectivity index (χ0n) is 17.4. The molecule has 0 aromatic heterocycles. The molecule has 0 fully saturated rings. The molecule has 7 heteroatoms. The average molecular weight is 445 g/mol. The molecule has 0 spiro atoms. The molecule has 0 unspecified atom stereocenters. The van der Waals surface area contributed by atoms with Gasteiger partial charge in [-0.15, -0.1) is 0 Å². The Morgan fingerprint density at radius 1 is 0.897 bits per heavy atom. The second kappa shape index (κ2) is 13.8. The number of ether oxygens (including phenoxy) is 1. The van der Waals surface area contributed by atoms with Crippen molar-refractivity contribution >= 4 is 10.1 Å². The Morgan fingerprint density at radius 3 is 2.07 bits per heavy atom. The van der Waals surface area contributed by atoms with Crippen molar-refractivity contribution in [2.24, 2.45) is 0 Å². The van der Waals surface area contributed by atoms with Crippen LogP contribution in [0, 0.1) is 0 Å². The minimum absolute atomic E-state index is 0. The van der Waals surface area contributed by atoms with E-state index in [0.29, 0.717) is 17.7 Å². The number of benzene rings is 2. The molecule has 0 aliphatic heterocycles. The van der Waals surface area contributed by atoms with Crippen LogP contribution in [0.15, 0.2) is 47.4 Å². The number of hydrogen-bond donors (Lipinski definition) is 1. The fourth-order valence-corrected chi connectivity index (χ4v) is 3.90. The topological polar surface area (TPSA) is 86.7 Å². The zero-order chi connectivity index (χ0) is 20.4. The van der Waals surface area contributed by atoms with Crippen LogP contribution in [0.5, 0.6) is 17.2 Å². The largest absolute Gasteiger partial charge is 1.00 e. The van der Waals surface area contributed by atoms with Gasteiger partial charge in [0.25, 0.3) is 10.1 Å². The van der Waals surface area contributed by atoms with Crippen LogP contribution in [0.2, 0.25) is 0 Å². The SMILES string of the molecule is CCCCCCCCCCc1ccc(Oc2ccccc2)c(S(=O)(=O)O)c1[O-].[K+]. The summed E-state index contributed by atoms with van der Waals surface area (Å²) in [7, 11) is -4.69. The van der Waals surface area contributed by atoms with Gasteiger partial charge in [-0.3, -0.25) is 4.55 Å². The van der Waals surface area contributed by atoms with E-state index in [1.807, 2.05) is 0 Å². The van der Waals surface area contributed by atoms with Crippen molar-refractivity contribution in [1.29, 1.82) is 0 Å². The molecule has 0 saturated carbocycles. The summed E-state index contributed by atoms with van der Waals surface area (Å²) in [6.07, 6.45) is 9.59. The van der Waals surface area contributed by atoms with E-state index in [1.165, 1.54) is 38.2 Å². The summed E-state index contributed by atoms with van der Waals surface area (Å²) in [5.74, 6) is -0.445. The second-order valence-corrected chi connectivity index (χ2v) is 8.35. The van der Waals surface area contributed by atoms with E-state index in [9.17, 15) is 18.1 Å². The number of rotatable bonds is 12. The molecule has 154 valence electrons. The van der Waals surface area contributed by atoms with Crippen LogP contribution in [-0.4, -0.2) is 13.0 Å². The molecule has 0 amide bonds. The number of hydrogen-bond acceptors (Lipinski definition) is 4. The van der Waals surface area contributed by atoms with Crippen molar-refractivity contribution in [3.05, 3.63) is 48.0 Å². The van der Waals surface area contributed by atoms with Gasteiger partial charge in [0.05, 0.1) is 0 Å². The van der Waals surface area contributed by atoms with Crippen molar-refractivity contribution in [1.82, 2.24) is 0 Å². The monoisotopic (exact) mass is 444 g/mol. The van der Waals surface area contributed by atoms with Crippen molar-refractivity contribution in [3.63, 3.8) is 0 Å². The Morgan fingerprint density at radius 2 is 1.48 bits per heavy atom. The molecule has 5 nitrogen and oxygen atoms in total. The third-order valence-electron chi connectivity index (χ3n) is 4.69. The quantitative estimate of drug-likeness (QED) is 0.309. The first-order valence-corrected chi connectivity index (χ1v) is 11.4. The first-order valence-electron chi connectivity index (χ1n) is 9.96. The number of aryl methyl sites for hydroxylation is 1. The Hall–Kier alpha value is -0.414. The van der Waals surface area contributed by atoms with Gasteiger partial charge >= 0.3 is 51.4 Å². The molecule has 0 aliphatic rings. The van der Waals surface area contributed by atoms with E-state index >= 15 is 0 Å². The second-order valence-electron chi connectivity index (χ2n) is 7.00. The van der Waals surface area contributed by atoms with Gasteiger partial charge in [-0.2, -0.15) is 8.42 Å². The third-order valence-corrected chi connectivity index (χ3v) is 5.59. The minimum atomic E-state index is -4.69. The summed E-state index contributed by atoms with van der Waals surface area (Å²) in [6.45, 7) is 2.19. The van der Waals surface area contributed by atoms with Crippen molar-refractivity contribution in [2.45, 2.75) is 69.6 Å². The third kappa shape index (κ3) is 9.08.